The molecular weight excluding hydrogens is 671 g/mol. The van der Waals surface area contributed by atoms with Crippen LogP contribution in [0.1, 0.15) is 0 Å². The highest BCUT2D eigenvalue weighted by molar-refractivity contribution is 6.16. The van der Waals surface area contributed by atoms with Gasteiger partial charge in [0.15, 0.2) is 0 Å². The highest BCUT2D eigenvalue weighted by atomic mass is 16.3. The van der Waals surface area contributed by atoms with E-state index in [4.69, 9.17) is 8.83 Å². The fraction of sp³-hybridized carbons (Fsp3) is 0. The molecule has 2 aromatic heterocycles. The summed E-state index contributed by atoms with van der Waals surface area (Å²) >= 11 is 0. The summed E-state index contributed by atoms with van der Waals surface area (Å²) in [7, 11) is 0. The highest BCUT2D eigenvalue weighted by Gasteiger charge is 2.24. The second-order valence-corrected chi connectivity index (χ2v) is 14.0. The van der Waals surface area contributed by atoms with E-state index in [1.165, 1.54) is 5.39 Å². The molecule has 0 N–H and O–H groups in total. The Morgan fingerprint density at radius 2 is 0.836 bits per heavy atom. The first-order valence-electron chi connectivity index (χ1n) is 18.7. The molecule has 0 saturated carbocycles. The van der Waals surface area contributed by atoms with Crippen LogP contribution >= 0.6 is 0 Å². The van der Waals surface area contributed by atoms with Gasteiger partial charge in [0, 0.05) is 49.2 Å². The maximum absolute atomic E-state index is 6.64. The third kappa shape index (κ3) is 5.05. The Kier molecular flexibility index (Phi) is 7.17. The van der Waals surface area contributed by atoms with E-state index in [1.54, 1.807) is 0 Å². The van der Waals surface area contributed by atoms with Crippen LogP contribution in [0.2, 0.25) is 0 Å². The molecule has 0 unspecified atom stereocenters. The molecule has 0 radical (unpaired) electrons. The molecule has 0 aliphatic carbocycles. The Morgan fingerprint density at radius 1 is 0.291 bits per heavy atom. The molecule has 2 heterocycles. The zero-order valence-electron chi connectivity index (χ0n) is 29.8. The predicted octanol–water partition coefficient (Wildman–Crippen LogP) is 15.1. The first kappa shape index (κ1) is 31.2. The highest BCUT2D eigenvalue weighted by Crippen LogP contribution is 2.49. The van der Waals surface area contributed by atoms with Crippen molar-refractivity contribution in [1.29, 1.82) is 0 Å². The van der Waals surface area contributed by atoms with Crippen molar-refractivity contribution in [3.63, 3.8) is 0 Å². The van der Waals surface area contributed by atoms with Gasteiger partial charge in [-0.3, -0.25) is 0 Å². The molecule has 0 saturated heterocycles. The standard InChI is InChI=1S/C52H33NO2/c1-2-15-34(16-3-1)37-18-6-10-25-46(37)53(48-27-12-8-21-40(48)42-23-14-24-43-41-22-9-13-28-49(41)54-52(42)43)47-26-11-7-19-38(47)36-30-32-50-45(33-36)44-31-29-35-17-4-5-20-39(35)51(44)55-50/h1-33H. The normalized spacial score (nSPS) is 11.6. The molecule has 0 fully saturated rings. The lowest BCUT2D eigenvalue weighted by molar-refractivity contribution is 0.670. The zero-order chi connectivity index (χ0) is 36.3. The Bertz CT molecular complexity index is 3220. The second-order valence-electron chi connectivity index (χ2n) is 14.0. The van der Waals surface area contributed by atoms with Crippen molar-refractivity contribution in [2.45, 2.75) is 0 Å². The van der Waals surface area contributed by atoms with Crippen molar-refractivity contribution in [3.8, 4) is 33.4 Å². The summed E-state index contributed by atoms with van der Waals surface area (Å²) in [6.45, 7) is 0. The third-order valence-electron chi connectivity index (χ3n) is 10.9. The Balaban J connectivity index is 1.17. The van der Waals surface area contributed by atoms with E-state index in [-0.39, 0.29) is 0 Å². The Labute approximate surface area is 317 Å². The molecule has 0 atom stereocenters. The Morgan fingerprint density at radius 3 is 1.64 bits per heavy atom. The summed E-state index contributed by atoms with van der Waals surface area (Å²) in [5.41, 5.74) is 13.4. The van der Waals surface area contributed by atoms with Gasteiger partial charge in [0.25, 0.3) is 0 Å². The van der Waals surface area contributed by atoms with Crippen molar-refractivity contribution in [3.05, 3.63) is 200 Å². The maximum Gasteiger partial charge on any atom is 0.143 e. The van der Waals surface area contributed by atoms with Gasteiger partial charge < -0.3 is 13.7 Å². The summed E-state index contributed by atoms with van der Waals surface area (Å²) < 4.78 is 13.2. The first-order chi connectivity index (χ1) is 27.3. The van der Waals surface area contributed by atoms with Crippen LogP contribution in [-0.4, -0.2) is 0 Å². The van der Waals surface area contributed by atoms with Crippen LogP contribution in [0.4, 0.5) is 17.1 Å². The molecule has 0 bridgehead atoms. The topological polar surface area (TPSA) is 29.5 Å². The SMILES string of the molecule is c1ccc(-c2ccccc2N(c2ccccc2-c2ccc3oc4c5ccccc5ccc4c3c2)c2ccccc2-c2cccc3c2oc2ccccc23)cc1. The van der Waals surface area contributed by atoms with E-state index in [1.807, 2.05) is 12.1 Å². The fourth-order valence-electron chi connectivity index (χ4n) is 8.36. The number of benzene rings is 9. The molecule has 3 nitrogen and oxygen atoms in total. The van der Waals surface area contributed by atoms with Crippen LogP contribution in [0, 0.1) is 0 Å². The van der Waals surface area contributed by atoms with Gasteiger partial charge in [-0.15, -0.1) is 0 Å². The van der Waals surface area contributed by atoms with Gasteiger partial charge in [-0.1, -0.05) is 158 Å². The van der Waals surface area contributed by atoms with Crippen molar-refractivity contribution < 1.29 is 8.83 Å². The fourth-order valence-corrected chi connectivity index (χ4v) is 8.36. The molecule has 11 rings (SSSR count). The summed E-state index contributed by atoms with van der Waals surface area (Å²) in [5.74, 6) is 0. The van der Waals surface area contributed by atoms with E-state index < -0.39 is 0 Å². The van der Waals surface area contributed by atoms with Crippen LogP contribution in [0.25, 0.3) is 88.0 Å². The van der Waals surface area contributed by atoms with Crippen LogP contribution in [0.5, 0.6) is 0 Å². The Hall–Kier alpha value is -7.36. The number of hydrogen-bond acceptors (Lipinski definition) is 3. The molecule has 9 aromatic carbocycles. The van der Waals surface area contributed by atoms with Crippen LogP contribution in [0.3, 0.4) is 0 Å². The largest absolute Gasteiger partial charge is 0.455 e. The lowest BCUT2D eigenvalue weighted by atomic mass is 9.95. The number of para-hydroxylation sites is 5. The van der Waals surface area contributed by atoms with Gasteiger partial charge in [0.2, 0.25) is 0 Å². The number of rotatable bonds is 6. The lowest BCUT2D eigenvalue weighted by Crippen LogP contribution is -2.13. The lowest BCUT2D eigenvalue weighted by Gasteiger charge is -2.31. The minimum absolute atomic E-state index is 0.878. The predicted molar refractivity (Wildman–Crippen MR) is 229 cm³/mol. The van der Waals surface area contributed by atoms with Gasteiger partial charge in [0.1, 0.15) is 22.3 Å². The average Bonchev–Trinajstić information content (AvgIpc) is 3.83. The van der Waals surface area contributed by atoms with Gasteiger partial charge in [0.05, 0.1) is 17.1 Å². The smallest absolute Gasteiger partial charge is 0.143 e. The van der Waals surface area contributed by atoms with Gasteiger partial charge in [-0.2, -0.15) is 0 Å². The number of nitrogens with zero attached hydrogens (tertiary/aromatic N) is 1. The van der Waals surface area contributed by atoms with Gasteiger partial charge >= 0.3 is 0 Å². The van der Waals surface area contributed by atoms with Crippen molar-refractivity contribution in [2.24, 2.45) is 0 Å². The molecule has 55 heavy (non-hydrogen) atoms. The molecule has 0 aliphatic heterocycles. The maximum atomic E-state index is 6.64. The summed E-state index contributed by atoms with van der Waals surface area (Å²) in [6.07, 6.45) is 0. The zero-order valence-corrected chi connectivity index (χ0v) is 29.8. The average molecular weight is 704 g/mol. The van der Waals surface area contributed by atoms with E-state index in [9.17, 15) is 0 Å². The van der Waals surface area contributed by atoms with Crippen molar-refractivity contribution >= 4 is 71.7 Å². The number of fused-ring (bicyclic) bond motifs is 8. The van der Waals surface area contributed by atoms with Crippen LogP contribution in [0.15, 0.2) is 209 Å². The van der Waals surface area contributed by atoms with Gasteiger partial charge in [-0.25, -0.2) is 0 Å². The van der Waals surface area contributed by atoms with Crippen LogP contribution < -0.4 is 4.90 Å². The van der Waals surface area contributed by atoms with E-state index in [2.05, 4.69) is 193 Å². The van der Waals surface area contributed by atoms with E-state index in [0.717, 1.165) is 99.7 Å². The van der Waals surface area contributed by atoms with Crippen LogP contribution in [-0.2, 0) is 0 Å². The van der Waals surface area contributed by atoms with Gasteiger partial charge in [-0.05, 0) is 59.0 Å². The van der Waals surface area contributed by atoms with Crippen molar-refractivity contribution in [1.82, 2.24) is 0 Å². The quantitative estimate of drug-likeness (QED) is 0.173. The van der Waals surface area contributed by atoms with E-state index >= 15 is 0 Å². The minimum atomic E-state index is 0.878. The van der Waals surface area contributed by atoms with E-state index in [0.29, 0.717) is 0 Å². The third-order valence-corrected chi connectivity index (χ3v) is 10.9. The summed E-state index contributed by atoms with van der Waals surface area (Å²) in [4.78, 5) is 2.43. The molecular formula is C52H33NO2. The molecule has 258 valence electrons. The summed E-state index contributed by atoms with van der Waals surface area (Å²) in [6, 6.07) is 71.0. The number of hydrogen-bond donors (Lipinski definition) is 0. The molecule has 3 heteroatoms. The monoisotopic (exact) mass is 703 g/mol. The molecule has 0 spiro atoms. The first-order valence-corrected chi connectivity index (χ1v) is 18.7. The minimum Gasteiger partial charge on any atom is -0.455 e. The van der Waals surface area contributed by atoms with Crippen molar-refractivity contribution in [2.75, 3.05) is 4.90 Å². The number of anilines is 3. The molecule has 0 aliphatic rings. The second kappa shape index (κ2) is 12.6. The molecule has 11 aromatic rings. The summed E-state index contributed by atoms with van der Waals surface area (Å²) in [5, 5.41) is 6.73. The molecule has 0 amide bonds. The number of furan rings is 2.